The molecule has 7 nitrogen and oxygen atoms in total. The standard InChI is InChI=1S/C20H21ClN4O3/c21-15-3-1-2-14(12-15)20(26)24-10-8-23(9-11-24)17-6-7-19(25(27)28)18(13-17)22-16-4-5-16/h1-3,6-7,12-13,16,22H,4-5,8-11H2. The Morgan fingerprint density at radius 3 is 2.50 bits per heavy atom. The fraction of sp³-hybridized carbons (Fsp3) is 0.350. The van der Waals surface area contributed by atoms with Gasteiger partial charge in [-0.1, -0.05) is 17.7 Å². The highest BCUT2D eigenvalue weighted by molar-refractivity contribution is 6.30. The molecule has 2 aliphatic rings. The molecule has 4 rings (SSSR count). The summed E-state index contributed by atoms with van der Waals surface area (Å²) in [4.78, 5) is 27.6. The van der Waals surface area contributed by atoms with Crippen molar-refractivity contribution in [2.45, 2.75) is 18.9 Å². The first-order valence-corrected chi connectivity index (χ1v) is 9.74. The molecule has 1 N–H and O–H groups in total. The molecular weight excluding hydrogens is 380 g/mol. The van der Waals surface area contributed by atoms with Crippen LogP contribution in [-0.2, 0) is 0 Å². The molecule has 0 spiro atoms. The molecule has 1 amide bonds. The average Bonchev–Trinajstić information content (AvgIpc) is 3.51. The van der Waals surface area contributed by atoms with Crippen molar-refractivity contribution in [3.8, 4) is 0 Å². The summed E-state index contributed by atoms with van der Waals surface area (Å²) in [5, 5.41) is 15.1. The molecule has 0 atom stereocenters. The molecular formula is C20H21ClN4O3. The van der Waals surface area contributed by atoms with Crippen LogP contribution < -0.4 is 10.2 Å². The number of carbonyl (C=O) groups is 1. The number of amides is 1. The molecule has 1 aliphatic carbocycles. The zero-order chi connectivity index (χ0) is 19.7. The number of anilines is 2. The fourth-order valence-electron chi connectivity index (χ4n) is 3.41. The Kier molecular flexibility index (Phi) is 5.09. The smallest absolute Gasteiger partial charge is 0.292 e. The van der Waals surface area contributed by atoms with Crippen LogP contribution in [0.2, 0.25) is 5.02 Å². The van der Waals surface area contributed by atoms with Gasteiger partial charge >= 0.3 is 0 Å². The highest BCUT2D eigenvalue weighted by atomic mass is 35.5. The van der Waals surface area contributed by atoms with Gasteiger partial charge in [-0.05, 0) is 43.2 Å². The van der Waals surface area contributed by atoms with Crippen LogP contribution in [0.4, 0.5) is 17.1 Å². The van der Waals surface area contributed by atoms with Gasteiger partial charge in [0.05, 0.1) is 4.92 Å². The molecule has 2 aromatic rings. The van der Waals surface area contributed by atoms with Crippen molar-refractivity contribution in [1.82, 2.24) is 4.90 Å². The average molecular weight is 401 g/mol. The minimum atomic E-state index is -0.351. The van der Waals surface area contributed by atoms with Gasteiger partial charge in [-0.25, -0.2) is 0 Å². The number of rotatable bonds is 5. The van der Waals surface area contributed by atoms with Gasteiger partial charge in [0.1, 0.15) is 5.69 Å². The third kappa shape index (κ3) is 4.04. The van der Waals surface area contributed by atoms with Gasteiger partial charge in [0.15, 0.2) is 0 Å². The Morgan fingerprint density at radius 2 is 1.86 bits per heavy atom. The number of nitro benzene ring substituents is 1. The predicted octanol–water partition coefficient (Wildman–Crippen LogP) is 3.78. The first-order valence-electron chi connectivity index (χ1n) is 9.36. The molecule has 8 heteroatoms. The summed E-state index contributed by atoms with van der Waals surface area (Å²) in [6.07, 6.45) is 2.09. The van der Waals surface area contributed by atoms with Crippen LogP contribution in [0.15, 0.2) is 42.5 Å². The Labute approximate surface area is 168 Å². The first kappa shape index (κ1) is 18.6. The number of hydrogen-bond donors (Lipinski definition) is 1. The molecule has 2 fully saturated rings. The molecule has 1 saturated heterocycles. The van der Waals surface area contributed by atoms with E-state index in [0.717, 1.165) is 18.5 Å². The van der Waals surface area contributed by atoms with Gasteiger partial charge in [0.2, 0.25) is 0 Å². The topological polar surface area (TPSA) is 78.7 Å². The first-order chi connectivity index (χ1) is 13.5. The number of halogens is 1. The van der Waals surface area contributed by atoms with Crippen molar-refractivity contribution in [3.63, 3.8) is 0 Å². The highest BCUT2D eigenvalue weighted by Crippen LogP contribution is 2.34. The SMILES string of the molecule is O=C(c1cccc(Cl)c1)N1CCN(c2ccc([N+](=O)[O-])c(NC3CC3)c2)CC1. The van der Waals surface area contributed by atoms with Gasteiger partial charge in [0, 0.05) is 54.6 Å². The minimum Gasteiger partial charge on any atom is -0.377 e. The van der Waals surface area contributed by atoms with Gasteiger partial charge in [-0.15, -0.1) is 0 Å². The second-order valence-electron chi connectivity index (χ2n) is 7.17. The highest BCUT2D eigenvalue weighted by Gasteiger charge is 2.27. The van der Waals surface area contributed by atoms with Crippen molar-refractivity contribution in [2.24, 2.45) is 0 Å². The van der Waals surface area contributed by atoms with E-state index >= 15 is 0 Å². The van der Waals surface area contributed by atoms with Crippen molar-refractivity contribution in [1.29, 1.82) is 0 Å². The van der Waals surface area contributed by atoms with Gasteiger partial charge in [-0.3, -0.25) is 14.9 Å². The zero-order valence-corrected chi connectivity index (χ0v) is 16.1. The maximum atomic E-state index is 12.7. The number of carbonyl (C=O) groups excluding carboxylic acids is 1. The van der Waals surface area contributed by atoms with E-state index in [0.29, 0.717) is 48.5 Å². The summed E-state index contributed by atoms with van der Waals surface area (Å²) < 4.78 is 0. The molecule has 0 unspecified atom stereocenters. The lowest BCUT2D eigenvalue weighted by atomic mass is 10.1. The van der Waals surface area contributed by atoms with Crippen LogP contribution in [0.25, 0.3) is 0 Å². The van der Waals surface area contributed by atoms with E-state index in [1.165, 1.54) is 0 Å². The largest absolute Gasteiger partial charge is 0.377 e. The van der Waals surface area contributed by atoms with Crippen molar-refractivity contribution in [2.75, 3.05) is 36.4 Å². The number of benzene rings is 2. The summed E-state index contributed by atoms with van der Waals surface area (Å²) in [6.45, 7) is 2.53. The van der Waals surface area contributed by atoms with Gasteiger partial charge in [0.25, 0.3) is 11.6 Å². The third-order valence-corrected chi connectivity index (χ3v) is 5.35. The maximum absolute atomic E-state index is 12.7. The number of hydrogen-bond acceptors (Lipinski definition) is 5. The maximum Gasteiger partial charge on any atom is 0.292 e. The molecule has 1 heterocycles. The fourth-order valence-corrected chi connectivity index (χ4v) is 3.61. The van der Waals surface area contributed by atoms with Crippen molar-refractivity contribution < 1.29 is 9.72 Å². The van der Waals surface area contributed by atoms with Crippen molar-refractivity contribution in [3.05, 3.63) is 63.2 Å². The third-order valence-electron chi connectivity index (χ3n) is 5.12. The summed E-state index contributed by atoms with van der Waals surface area (Å²) in [5.74, 6) is -0.0260. The van der Waals surface area contributed by atoms with E-state index in [2.05, 4.69) is 10.2 Å². The molecule has 1 saturated carbocycles. The second kappa shape index (κ2) is 7.67. The van der Waals surface area contributed by atoms with Crippen LogP contribution in [0, 0.1) is 10.1 Å². The summed E-state index contributed by atoms with van der Waals surface area (Å²) >= 11 is 5.99. The number of nitrogens with zero attached hydrogens (tertiary/aromatic N) is 3. The van der Waals surface area contributed by atoms with E-state index in [1.807, 2.05) is 11.0 Å². The van der Waals surface area contributed by atoms with Crippen LogP contribution in [-0.4, -0.2) is 48.0 Å². The minimum absolute atomic E-state index is 0.0260. The predicted molar refractivity (Wildman–Crippen MR) is 109 cm³/mol. The summed E-state index contributed by atoms with van der Waals surface area (Å²) in [7, 11) is 0. The van der Waals surface area contributed by atoms with E-state index < -0.39 is 0 Å². The number of piperazine rings is 1. The lowest BCUT2D eigenvalue weighted by Gasteiger charge is -2.36. The normalized spacial score (nSPS) is 16.8. The van der Waals surface area contributed by atoms with E-state index in [1.54, 1.807) is 36.4 Å². The second-order valence-corrected chi connectivity index (χ2v) is 7.60. The van der Waals surface area contributed by atoms with Crippen LogP contribution in [0.5, 0.6) is 0 Å². The lowest BCUT2D eigenvalue weighted by molar-refractivity contribution is -0.384. The number of nitrogens with one attached hydrogen (secondary N) is 1. The molecule has 146 valence electrons. The molecule has 28 heavy (non-hydrogen) atoms. The Bertz CT molecular complexity index is 908. The Balaban J connectivity index is 1.44. The van der Waals surface area contributed by atoms with Crippen LogP contribution in [0.1, 0.15) is 23.2 Å². The lowest BCUT2D eigenvalue weighted by Crippen LogP contribution is -2.48. The van der Waals surface area contributed by atoms with Crippen molar-refractivity contribution >= 4 is 34.6 Å². The molecule has 1 aliphatic heterocycles. The molecule has 0 bridgehead atoms. The van der Waals surface area contributed by atoms with Crippen LogP contribution >= 0.6 is 11.6 Å². The number of nitro groups is 1. The van der Waals surface area contributed by atoms with E-state index in [9.17, 15) is 14.9 Å². The molecule has 0 aromatic heterocycles. The molecule has 0 radical (unpaired) electrons. The monoisotopic (exact) mass is 400 g/mol. The van der Waals surface area contributed by atoms with Gasteiger partial charge in [-0.2, -0.15) is 0 Å². The zero-order valence-electron chi connectivity index (χ0n) is 15.3. The van der Waals surface area contributed by atoms with Gasteiger partial charge < -0.3 is 15.1 Å². The Morgan fingerprint density at radius 1 is 1.11 bits per heavy atom. The molecule has 2 aromatic carbocycles. The van der Waals surface area contributed by atoms with Crippen LogP contribution in [0.3, 0.4) is 0 Å². The van der Waals surface area contributed by atoms with E-state index in [4.69, 9.17) is 11.6 Å². The Hall–Kier alpha value is -2.80. The summed E-state index contributed by atoms with van der Waals surface area (Å²) in [5.41, 5.74) is 2.20. The summed E-state index contributed by atoms with van der Waals surface area (Å²) in [6, 6.07) is 12.5. The van der Waals surface area contributed by atoms with E-state index in [-0.39, 0.29) is 16.5 Å². The quantitative estimate of drug-likeness (QED) is 0.610.